The minimum absolute atomic E-state index is 0.532. The molecule has 86 valence electrons. The number of para-hydroxylation sites is 1. The van der Waals surface area contributed by atoms with Crippen LogP contribution < -0.4 is 4.74 Å². The lowest BCUT2D eigenvalue weighted by Gasteiger charge is -2.06. The molecule has 0 bridgehead atoms. The highest BCUT2D eigenvalue weighted by molar-refractivity contribution is 5.80. The molecule has 0 aliphatic heterocycles. The summed E-state index contributed by atoms with van der Waals surface area (Å²) in [5.74, 6) is 1.29. The molecule has 1 aromatic heterocycles. The standard InChI is InChI=1S/C15H10N2O/c16-10-12-3-1-2-4-15(12)18-13-6-5-11-7-8-17-14(11)9-13/h1-9,17H. The van der Waals surface area contributed by atoms with Gasteiger partial charge in [-0.1, -0.05) is 12.1 Å². The molecule has 0 unspecified atom stereocenters. The Hall–Kier alpha value is -2.73. The lowest BCUT2D eigenvalue weighted by molar-refractivity contribution is 0.482. The summed E-state index contributed by atoms with van der Waals surface area (Å²) in [5, 5.41) is 10.1. The van der Waals surface area contributed by atoms with Crippen molar-refractivity contribution in [2.45, 2.75) is 0 Å². The van der Waals surface area contributed by atoms with E-state index in [2.05, 4.69) is 11.1 Å². The van der Waals surface area contributed by atoms with Crippen molar-refractivity contribution in [1.29, 1.82) is 5.26 Å². The number of rotatable bonds is 2. The molecule has 3 heteroatoms. The van der Waals surface area contributed by atoms with E-state index in [1.165, 1.54) is 0 Å². The monoisotopic (exact) mass is 234 g/mol. The molecule has 1 heterocycles. The van der Waals surface area contributed by atoms with Crippen LogP contribution in [0.3, 0.4) is 0 Å². The van der Waals surface area contributed by atoms with E-state index in [1.54, 1.807) is 12.1 Å². The van der Waals surface area contributed by atoms with Crippen LogP contribution in [0.4, 0.5) is 0 Å². The molecule has 2 aromatic carbocycles. The van der Waals surface area contributed by atoms with Gasteiger partial charge in [0, 0.05) is 17.8 Å². The number of nitrogens with one attached hydrogen (secondary N) is 1. The van der Waals surface area contributed by atoms with Crippen LogP contribution in [0.5, 0.6) is 11.5 Å². The third kappa shape index (κ3) is 1.80. The maximum Gasteiger partial charge on any atom is 0.145 e. The van der Waals surface area contributed by atoms with Crippen LogP contribution in [0.2, 0.25) is 0 Å². The summed E-state index contributed by atoms with van der Waals surface area (Å²) in [6, 6.07) is 17.1. The first-order valence-corrected chi connectivity index (χ1v) is 5.61. The number of aromatic nitrogens is 1. The van der Waals surface area contributed by atoms with Gasteiger partial charge in [0.25, 0.3) is 0 Å². The van der Waals surface area contributed by atoms with Gasteiger partial charge >= 0.3 is 0 Å². The molecule has 0 radical (unpaired) electrons. The number of ether oxygens (including phenoxy) is 1. The maximum absolute atomic E-state index is 9.00. The molecule has 0 saturated heterocycles. The fourth-order valence-electron chi connectivity index (χ4n) is 1.87. The summed E-state index contributed by atoms with van der Waals surface area (Å²) in [5.41, 5.74) is 1.55. The molecule has 0 fully saturated rings. The second-order valence-corrected chi connectivity index (χ2v) is 3.94. The first-order chi connectivity index (χ1) is 8.86. The van der Waals surface area contributed by atoms with Gasteiger partial charge in [0.2, 0.25) is 0 Å². The number of H-pyrrole nitrogens is 1. The quantitative estimate of drug-likeness (QED) is 0.732. The van der Waals surface area contributed by atoms with E-state index in [1.807, 2.05) is 42.6 Å². The predicted octanol–water partition coefficient (Wildman–Crippen LogP) is 3.83. The van der Waals surface area contributed by atoms with E-state index in [0.717, 1.165) is 10.9 Å². The lowest BCUT2D eigenvalue weighted by Crippen LogP contribution is -1.87. The molecule has 3 aromatic rings. The van der Waals surface area contributed by atoms with E-state index < -0.39 is 0 Å². The van der Waals surface area contributed by atoms with Crippen LogP contribution in [-0.2, 0) is 0 Å². The first kappa shape index (κ1) is 10.4. The SMILES string of the molecule is N#Cc1ccccc1Oc1ccc2cc[nH]c2c1. The molecule has 3 nitrogen and oxygen atoms in total. The van der Waals surface area contributed by atoms with Crippen molar-refractivity contribution in [3.8, 4) is 17.6 Å². The van der Waals surface area contributed by atoms with Gasteiger partial charge in [-0.3, -0.25) is 0 Å². The van der Waals surface area contributed by atoms with Gasteiger partial charge in [-0.25, -0.2) is 0 Å². The largest absolute Gasteiger partial charge is 0.456 e. The van der Waals surface area contributed by atoms with Crippen molar-refractivity contribution in [2.75, 3.05) is 0 Å². The highest BCUT2D eigenvalue weighted by Crippen LogP contribution is 2.27. The molecule has 0 atom stereocenters. The van der Waals surface area contributed by atoms with Crippen LogP contribution in [0.15, 0.2) is 54.7 Å². The normalized spacial score (nSPS) is 10.2. The Morgan fingerprint density at radius 1 is 1.06 bits per heavy atom. The van der Waals surface area contributed by atoms with Crippen molar-refractivity contribution in [3.05, 3.63) is 60.3 Å². The molecular weight excluding hydrogens is 224 g/mol. The zero-order valence-corrected chi connectivity index (χ0v) is 9.55. The third-order valence-electron chi connectivity index (χ3n) is 2.76. The second-order valence-electron chi connectivity index (χ2n) is 3.94. The van der Waals surface area contributed by atoms with Gasteiger partial charge in [-0.2, -0.15) is 5.26 Å². The zero-order chi connectivity index (χ0) is 12.4. The van der Waals surface area contributed by atoms with Crippen molar-refractivity contribution in [1.82, 2.24) is 4.98 Å². The smallest absolute Gasteiger partial charge is 0.145 e. The average Bonchev–Trinajstić information content (AvgIpc) is 2.87. The minimum atomic E-state index is 0.532. The molecule has 0 amide bonds. The predicted molar refractivity (Wildman–Crippen MR) is 69.5 cm³/mol. The first-order valence-electron chi connectivity index (χ1n) is 5.61. The Morgan fingerprint density at radius 3 is 2.83 bits per heavy atom. The van der Waals surface area contributed by atoms with Gasteiger partial charge in [0.05, 0.1) is 5.56 Å². The van der Waals surface area contributed by atoms with Crippen molar-refractivity contribution in [3.63, 3.8) is 0 Å². The van der Waals surface area contributed by atoms with Gasteiger partial charge < -0.3 is 9.72 Å². The summed E-state index contributed by atoms with van der Waals surface area (Å²) in [4.78, 5) is 3.13. The Morgan fingerprint density at radius 2 is 1.94 bits per heavy atom. The number of aromatic amines is 1. The maximum atomic E-state index is 9.00. The van der Waals surface area contributed by atoms with Gasteiger partial charge in [0.15, 0.2) is 0 Å². The second kappa shape index (κ2) is 4.27. The third-order valence-corrected chi connectivity index (χ3v) is 2.76. The van der Waals surface area contributed by atoms with Crippen molar-refractivity contribution in [2.24, 2.45) is 0 Å². The number of hydrogen-bond acceptors (Lipinski definition) is 2. The number of fused-ring (bicyclic) bond motifs is 1. The summed E-state index contributed by atoms with van der Waals surface area (Å²) < 4.78 is 5.74. The molecule has 0 spiro atoms. The average molecular weight is 234 g/mol. The summed E-state index contributed by atoms with van der Waals surface area (Å²) in [6.45, 7) is 0. The molecule has 3 rings (SSSR count). The molecular formula is C15H10N2O. The zero-order valence-electron chi connectivity index (χ0n) is 9.55. The van der Waals surface area contributed by atoms with E-state index in [9.17, 15) is 0 Å². The number of nitriles is 1. The van der Waals surface area contributed by atoms with Crippen LogP contribution in [0, 0.1) is 11.3 Å². The molecule has 0 aliphatic rings. The highest BCUT2D eigenvalue weighted by Gasteiger charge is 2.04. The Bertz CT molecular complexity index is 737. The van der Waals surface area contributed by atoms with Gasteiger partial charge in [0.1, 0.15) is 17.6 Å². The van der Waals surface area contributed by atoms with Gasteiger partial charge in [-0.15, -0.1) is 0 Å². The van der Waals surface area contributed by atoms with Crippen LogP contribution >= 0.6 is 0 Å². The topological polar surface area (TPSA) is 48.8 Å². The van der Waals surface area contributed by atoms with E-state index in [-0.39, 0.29) is 0 Å². The highest BCUT2D eigenvalue weighted by atomic mass is 16.5. The van der Waals surface area contributed by atoms with E-state index in [4.69, 9.17) is 10.00 Å². The van der Waals surface area contributed by atoms with E-state index >= 15 is 0 Å². The fourth-order valence-corrected chi connectivity index (χ4v) is 1.87. The fraction of sp³-hybridized carbons (Fsp3) is 0. The molecule has 18 heavy (non-hydrogen) atoms. The minimum Gasteiger partial charge on any atom is -0.456 e. The Labute approximate surface area is 104 Å². The Balaban J connectivity index is 1.98. The summed E-state index contributed by atoms with van der Waals surface area (Å²) >= 11 is 0. The molecule has 0 saturated carbocycles. The van der Waals surface area contributed by atoms with Crippen LogP contribution in [-0.4, -0.2) is 4.98 Å². The summed E-state index contributed by atoms with van der Waals surface area (Å²) in [7, 11) is 0. The van der Waals surface area contributed by atoms with Crippen LogP contribution in [0.25, 0.3) is 10.9 Å². The van der Waals surface area contributed by atoms with E-state index in [0.29, 0.717) is 17.1 Å². The van der Waals surface area contributed by atoms with Crippen molar-refractivity contribution < 1.29 is 4.74 Å². The van der Waals surface area contributed by atoms with Crippen LogP contribution in [0.1, 0.15) is 5.56 Å². The number of benzene rings is 2. The Kier molecular flexibility index (Phi) is 2.47. The lowest BCUT2D eigenvalue weighted by atomic mass is 10.2. The molecule has 0 aliphatic carbocycles. The van der Waals surface area contributed by atoms with Gasteiger partial charge in [-0.05, 0) is 35.7 Å². The summed E-state index contributed by atoms with van der Waals surface area (Å²) in [6.07, 6.45) is 1.89. The van der Waals surface area contributed by atoms with Crippen molar-refractivity contribution >= 4 is 10.9 Å². The number of nitrogens with zero attached hydrogens (tertiary/aromatic N) is 1. The molecule has 1 N–H and O–H groups in total. The number of hydrogen-bond donors (Lipinski definition) is 1.